The van der Waals surface area contributed by atoms with Gasteiger partial charge in [-0.05, 0) is 62.4 Å². The van der Waals surface area contributed by atoms with Crippen LogP contribution < -0.4 is 19.7 Å². The van der Waals surface area contributed by atoms with E-state index in [-0.39, 0.29) is 36.8 Å². The molecule has 1 amide bonds. The van der Waals surface area contributed by atoms with Gasteiger partial charge in [0.2, 0.25) is 0 Å². The molecule has 2 fully saturated rings. The van der Waals surface area contributed by atoms with Gasteiger partial charge >= 0.3 is 16.6 Å². The van der Waals surface area contributed by atoms with E-state index in [0.717, 1.165) is 22.9 Å². The number of anilines is 1. The van der Waals surface area contributed by atoms with Gasteiger partial charge in [-0.3, -0.25) is 4.79 Å². The number of nitrogens with one attached hydrogen (secondary N) is 2. The van der Waals surface area contributed by atoms with Crippen molar-refractivity contribution in [2.75, 3.05) is 24.5 Å². The molecule has 0 saturated carbocycles. The zero-order valence-corrected chi connectivity index (χ0v) is 22.6. The van der Waals surface area contributed by atoms with Crippen molar-refractivity contribution in [2.45, 2.75) is 58.1 Å². The van der Waals surface area contributed by atoms with Gasteiger partial charge in [0.1, 0.15) is 5.82 Å². The molecule has 1 aromatic heterocycles. The third-order valence-corrected chi connectivity index (χ3v) is 8.96. The normalized spacial score (nSPS) is 21.8. The molecule has 0 aliphatic carbocycles. The van der Waals surface area contributed by atoms with Gasteiger partial charge in [-0.15, -0.1) is 13.2 Å². The van der Waals surface area contributed by atoms with Crippen molar-refractivity contribution in [3.8, 4) is 5.75 Å². The van der Waals surface area contributed by atoms with E-state index < -0.39 is 34.0 Å². The highest BCUT2D eigenvalue weighted by Crippen LogP contribution is 2.38. The standard InChI is InChI=1S/C25H31F4N5O4S/c1-16-8-12-34(24(16,2)3)22-19(5-4-10-30-22)23(35)32-39(36,37)33-11-9-18(15-33)31-14-17-6-7-20(26)21(13-17)38-25(27,28)29/h4-7,10,13,16,18,31H,8-9,11-12,14-15H2,1-3H3,(H,32,35)/t16?,18-/m1/s1. The molecule has 9 nitrogen and oxygen atoms in total. The van der Waals surface area contributed by atoms with Crippen molar-refractivity contribution >= 4 is 21.9 Å². The largest absolute Gasteiger partial charge is 0.573 e. The van der Waals surface area contributed by atoms with Crippen molar-refractivity contribution < 1.29 is 35.5 Å². The van der Waals surface area contributed by atoms with Crippen LogP contribution in [0, 0.1) is 11.7 Å². The van der Waals surface area contributed by atoms with Crippen molar-refractivity contribution in [2.24, 2.45) is 5.92 Å². The summed E-state index contributed by atoms with van der Waals surface area (Å²) >= 11 is 0. The van der Waals surface area contributed by atoms with Crippen LogP contribution in [0.3, 0.4) is 0 Å². The predicted octanol–water partition coefficient (Wildman–Crippen LogP) is 3.58. The van der Waals surface area contributed by atoms with Gasteiger partial charge in [-0.2, -0.15) is 12.7 Å². The van der Waals surface area contributed by atoms with Crippen LogP contribution in [0.4, 0.5) is 23.4 Å². The number of nitrogens with zero attached hydrogens (tertiary/aromatic N) is 3. The number of hydrogen-bond donors (Lipinski definition) is 2. The van der Waals surface area contributed by atoms with Crippen LogP contribution in [0.1, 0.15) is 49.5 Å². The fraction of sp³-hybridized carbons (Fsp3) is 0.520. The van der Waals surface area contributed by atoms with Gasteiger partial charge in [-0.1, -0.05) is 13.0 Å². The summed E-state index contributed by atoms with van der Waals surface area (Å²) < 4.78 is 84.2. The second-order valence-corrected chi connectivity index (χ2v) is 12.0. The lowest BCUT2D eigenvalue weighted by molar-refractivity contribution is -0.275. The molecule has 2 atom stereocenters. The number of carbonyl (C=O) groups is 1. The molecule has 2 aliphatic heterocycles. The van der Waals surface area contributed by atoms with Crippen molar-refractivity contribution in [3.63, 3.8) is 0 Å². The topological polar surface area (TPSA) is 104 Å². The molecule has 2 N–H and O–H groups in total. The lowest BCUT2D eigenvalue weighted by Gasteiger charge is -2.36. The molecule has 14 heteroatoms. The number of halogens is 4. The Morgan fingerprint density at radius 1 is 1.21 bits per heavy atom. The maximum atomic E-state index is 13.7. The maximum absolute atomic E-state index is 13.7. The van der Waals surface area contributed by atoms with Crippen LogP contribution in [-0.2, 0) is 16.8 Å². The van der Waals surface area contributed by atoms with Crippen LogP contribution in [0.25, 0.3) is 0 Å². The molecule has 2 aliphatic rings. The monoisotopic (exact) mass is 573 g/mol. The number of aromatic nitrogens is 1. The molecule has 2 aromatic rings. The van der Waals surface area contributed by atoms with Gasteiger partial charge in [-0.25, -0.2) is 14.1 Å². The van der Waals surface area contributed by atoms with Crippen LogP contribution in [-0.4, -0.2) is 61.2 Å². The van der Waals surface area contributed by atoms with Crippen LogP contribution in [0.2, 0.25) is 0 Å². The molecule has 214 valence electrons. The van der Waals surface area contributed by atoms with Crippen LogP contribution in [0.15, 0.2) is 36.5 Å². The number of pyridine rings is 1. The first-order chi connectivity index (χ1) is 18.2. The van der Waals surface area contributed by atoms with Crippen molar-refractivity contribution in [1.29, 1.82) is 0 Å². The summed E-state index contributed by atoms with van der Waals surface area (Å²) in [4.78, 5) is 19.5. The quantitative estimate of drug-likeness (QED) is 0.466. The Kier molecular flexibility index (Phi) is 8.11. The summed E-state index contributed by atoms with van der Waals surface area (Å²) in [6, 6.07) is 5.90. The van der Waals surface area contributed by atoms with Crippen LogP contribution >= 0.6 is 0 Å². The van der Waals surface area contributed by atoms with E-state index in [2.05, 4.69) is 40.5 Å². The fourth-order valence-electron chi connectivity index (χ4n) is 4.87. The summed E-state index contributed by atoms with van der Waals surface area (Å²) in [6.07, 6.45) is -2.15. The SMILES string of the molecule is CC1CCN(c2ncccc2C(=O)NS(=O)(=O)N2CC[C@@H](NCc3ccc(F)c(OC(F)(F)F)c3)C2)C1(C)C. The average Bonchev–Trinajstić information content (AvgIpc) is 3.43. The third-order valence-electron chi connectivity index (χ3n) is 7.50. The smallest absolute Gasteiger partial charge is 0.403 e. The fourth-order valence-corrected chi connectivity index (χ4v) is 6.07. The van der Waals surface area contributed by atoms with Gasteiger partial charge in [0.15, 0.2) is 11.6 Å². The van der Waals surface area contributed by atoms with E-state index in [1.807, 2.05) is 4.90 Å². The van der Waals surface area contributed by atoms with Crippen LogP contribution in [0.5, 0.6) is 5.75 Å². The number of carbonyl (C=O) groups excluding carboxylic acids is 1. The second-order valence-electron chi connectivity index (χ2n) is 10.3. The molecule has 39 heavy (non-hydrogen) atoms. The first-order valence-corrected chi connectivity index (χ1v) is 13.9. The highest BCUT2D eigenvalue weighted by Gasteiger charge is 2.41. The zero-order valence-electron chi connectivity index (χ0n) is 21.8. The Labute approximate surface area is 224 Å². The molecule has 4 rings (SSSR count). The van der Waals surface area contributed by atoms with E-state index in [9.17, 15) is 30.8 Å². The third kappa shape index (κ3) is 6.61. The van der Waals surface area contributed by atoms with E-state index in [4.69, 9.17) is 0 Å². The number of benzene rings is 1. The molecule has 0 radical (unpaired) electrons. The number of alkyl halides is 3. The minimum absolute atomic E-state index is 0.0340. The highest BCUT2D eigenvalue weighted by atomic mass is 32.2. The molecule has 0 spiro atoms. The lowest BCUT2D eigenvalue weighted by Crippen LogP contribution is -2.46. The lowest BCUT2D eigenvalue weighted by atomic mass is 9.90. The summed E-state index contributed by atoms with van der Waals surface area (Å²) in [6.45, 7) is 7.15. The van der Waals surface area contributed by atoms with Gasteiger partial charge in [0.25, 0.3) is 5.91 Å². The number of hydrogen-bond acceptors (Lipinski definition) is 7. The van der Waals surface area contributed by atoms with Gasteiger partial charge in [0, 0.05) is 44.0 Å². The Morgan fingerprint density at radius 2 is 1.95 bits per heavy atom. The Balaban J connectivity index is 1.38. The van der Waals surface area contributed by atoms with E-state index in [1.54, 1.807) is 18.3 Å². The molecule has 1 unspecified atom stereocenters. The zero-order chi connectivity index (χ0) is 28.6. The molecule has 1 aromatic carbocycles. The molecular formula is C25H31F4N5O4S. The molecular weight excluding hydrogens is 542 g/mol. The van der Waals surface area contributed by atoms with E-state index in [1.165, 1.54) is 6.07 Å². The second kappa shape index (κ2) is 10.9. The highest BCUT2D eigenvalue weighted by molar-refractivity contribution is 7.87. The number of rotatable bonds is 8. The molecule has 3 heterocycles. The van der Waals surface area contributed by atoms with E-state index in [0.29, 0.717) is 30.3 Å². The van der Waals surface area contributed by atoms with Gasteiger partial charge < -0.3 is 15.0 Å². The molecule has 0 bridgehead atoms. The number of ether oxygens (including phenoxy) is 1. The average molecular weight is 574 g/mol. The molecule has 2 saturated heterocycles. The summed E-state index contributed by atoms with van der Waals surface area (Å²) in [7, 11) is -4.18. The first-order valence-electron chi connectivity index (χ1n) is 12.5. The Hall–Kier alpha value is -2.97. The minimum Gasteiger partial charge on any atom is -0.403 e. The Bertz CT molecular complexity index is 1320. The number of amides is 1. The maximum Gasteiger partial charge on any atom is 0.573 e. The first kappa shape index (κ1) is 29.0. The Morgan fingerprint density at radius 3 is 2.62 bits per heavy atom. The van der Waals surface area contributed by atoms with Crippen molar-refractivity contribution in [1.82, 2.24) is 19.3 Å². The van der Waals surface area contributed by atoms with E-state index >= 15 is 0 Å². The summed E-state index contributed by atoms with van der Waals surface area (Å²) in [5.74, 6) is -2.10. The van der Waals surface area contributed by atoms with Gasteiger partial charge in [0.05, 0.1) is 5.56 Å². The van der Waals surface area contributed by atoms with Crippen molar-refractivity contribution in [3.05, 3.63) is 53.5 Å². The summed E-state index contributed by atoms with van der Waals surface area (Å²) in [5, 5.41) is 3.06. The minimum atomic E-state index is -5.03. The predicted molar refractivity (Wildman–Crippen MR) is 136 cm³/mol. The summed E-state index contributed by atoms with van der Waals surface area (Å²) in [5.41, 5.74) is 0.221.